The molecule has 0 spiro atoms. The topological polar surface area (TPSA) is 64.0 Å². The summed E-state index contributed by atoms with van der Waals surface area (Å²) in [6.07, 6.45) is 1.64. The Hall–Kier alpha value is -2.79. The van der Waals surface area contributed by atoms with E-state index in [0.717, 1.165) is 10.2 Å². The Labute approximate surface area is 146 Å². The van der Waals surface area contributed by atoms with Crippen LogP contribution in [0.2, 0.25) is 0 Å². The molecule has 116 valence electrons. The number of para-hydroxylation sites is 1. The zero-order valence-corrected chi connectivity index (χ0v) is 14.1. The molecule has 0 aliphatic heterocycles. The number of fused-ring (bicyclic) bond motifs is 2. The van der Waals surface area contributed by atoms with Crippen molar-refractivity contribution in [2.45, 2.75) is 0 Å². The second kappa shape index (κ2) is 5.39. The van der Waals surface area contributed by atoms with Gasteiger partial charge >= 0.3 is 0 Å². The average molecular weight is 380 g/mol. The highest BCUT2D eigenvalue weighted by Crippen LogP contribution is 2.28. The number of pyridine rings is 1. The van der Waals surface area contributed by atoms with Gasteiger partial charge in [-0.15, -0.1) is 0 Å². The van der Waals surface area contributed by atoms with Crippen molar-refractivity contribution in [1.82, 2.24) is 0 Å². The SMILES string of the molecule is Nc1cc2c(c[n+]1-c1ccccc1Br)C(=O)c1ccccc1C2=O. The number of nitrogens with two attached hydrogens (primary N) is 1. The van der Waals surface area contributed by atoms with Crippen LogP contribution < -0.4 is 10.3 Å². The van der Waals surface area contributed by atoms with Gasteiger partial charge < -0.3 is 0 Å². The number of rotatable bonds is 1. The summed E-state index contributed by atoms with van der Waals surface area (Å²) in [6.45, 7) is 0. The maximum atomic E-state index is 12.8. The van der Waals surface area contributed by atoms with E-state index in [9.17, 15) is 9.59 Å². The monoisotopic (exact) mass is 379 g/mol. The number of nitrogens with zero attached hydrogens (tertiary/aromatic N) is 1. The number of anilines is 1. The fourth-order valence-corrected chi connectivity index (χ4v) is 3.44. The van der Waals surface area contributed by atoms with E-state index in [1.54, 1.807) is 41.1 Å². The molecule has 0 unspecified atom stereocenters. The molecule has 0 saturated heterocycles. The normalized spacial score (nSPS) is 12.7. The van der Waals surface area contributed by atoms with E-state index in [4.69, 9.17) is 5.73 Å². The summed E-state index contributed by atoms with van der Waals surface area (Å²) in [5.74, 6) is 0.0494. The van der Waals surface area contributed by atoms with Crippen LogP contribution in [0.25, 0.3) is 5.69 Å². The van der Waals surface area contributed by atoms with Gasteiger partial charge in [0.15, 0.2) is 11.6 Å². The summed E-state index contributed by atoms with van der Waals surface area (Å²) in [6, 6.07) is 16.0. The van der Waals surface area contributed by atoms with Gasteiger partial charge in [-0.1, -0.05) is 36.4 Å². The number of halogens is 1. The van der Waals surface area contributed by atoms with Crippen LogP contribution in [0.1, 0.15) is 31.8 Å². The lowest BCUT2D eigenvalue weighted by Crippen LogP contribution is -2.38. The molecule has 0 amide bonds. The molecule has 0 saturated carbocycles. The maximum Gasteiger partial charge on any atom is 0.278 e. The Balaban J connectivity index is 1.97. The number of hydrogen-bond donors (Lipinski definition) is 1. The lowest BCUT2D eigenvalue weighted by molar-refractivity contribution is -0.581. The second-order valence-corrected chi connectivity index (χ2v) is 6.41. The standard InChI is InChI=1S/C19H11BrN2O2/c20-15-7-3-4-8-16(15)22-10-14-13(9-17(22)21)18(23)11-5-1-2-6-12(11)19(14)24/h1-10,21H/p+1. The highest BCUT2D eigenvalue weighted by atomic mass is 79.9. The first-order valence-electron chi connectivity index (χ1n) is 7.36. The summed E-state index contributed by atoms with van der Waals surface area (Å²) in [5, 5.41) is 0. The molecule has 24 heavy (non-hydrogen) atoms. The third kappa shape index (κ3) is 2.09. The van der Waals surface area contributed by atoms with E-state index in [1.807, 2.05) is 24.3 Å². The van der Waals surface area contributed by atoms with Crippen LogP contribution in [-0.4, -0.2) is 11.6 Å². The lowest BCUT2D eigenvalue weighted by atomic mass is 9.85. The molecular formula is C19H12BrN2O2+. The van der Waals surface area contributed by atoms with E-state index in [2.05, 4.69) is 15.9 Å². The molecule has 1 aromatic heterocycles. The quantitative estimate of drug-likeness (QED) is 0.517. The molecule has 4 rings (SSSR count). The van der Waals surface area contributed by atoms with E-state index >= 15 is 0 Å². The van der Waals surface area contributed by atoms with Gasteiger partial charge in [-0.05, 0) is 28.1 Å². The van der Waals surface area contributed by atoms with Crippen LogP contribution in [0.4, 0.5) is 5.82 Å². The van der Waals surface area contributed by atoms with Crippen LogP contribution in [0.3, 0.4) is 0 Å². The van der Waals surface area contributed by atoms with Crippen molar-refractivity contribution >= 4 is 33.3 Å². The first-order chi connectivity index (χ1) is 11.6. The van der Waals surface area contributed by atoms with E-state index in [1.165, 1.54) is 0 Å². The molecule has 3 aromatic rings. The third-order valence-corrected chi connectivity index (χ3v) is 4.81. The van der Waals surface area contributed by atoms with Gasteiger partial charge in [0.1, 0.15) is 11.9 Å². The van der Waals surface area contributed by atoms with E-state index in [0.29, 0.717) is 28.1 Å². The number of ketones is 2. The smallest absolute Gasteiger partial charge is 0.278 e. The minimum absolute atomic E-state index is 0.166. The number of hydrogen-bond acceptors (Lipinski definition) is 3. The molecule has 4 nitrogen and oxygen atoms in total. The molecular weight excluding hydrogens is 368 g/mol. The highest BCUT2D eigenvalue weighted by Gasteiger charge is 2.32. The predicted molar refractivity (Wildman–Crippen MR) is 93.4 cm³/mol. The van der Waals surface area contributed by atoms with Crippen molar-refractivity contribution in [1.29, 1.82) is 0 Å². The predicted octanol–water partition coefficient (Wildman–Crippen LogP) is 3.08. The summed E-state index contributed by atoms with van der Waals surface area (Å²) in [7, 11) is 0. The Bertz CT molecular complexity index is 1030. The van der Waals surface area contributed by atoms with E-state index in [-0.39, 0.29) is 11.6 Å². The zero-order chi connectivity index (χ0) is 16.8. The van der Waals surface area contributed by atoms with Crippen LogP contribution in [0, 0.1) is 0 Å². The second-order valence-electron chi connectivity index (χ2n) is 5.55. The van der Waals surface area contributed by atoms with Gasteiger partial charge in [0, 0.05) is 22.8 Å². The molecule has 2 N–H and O–H groups in total. The number of aromatic nitrogens is 1. The first-order valence-corrected chi connectivity index (χ1v) is 8.16. The fraction of sp³-hybridized carbons (Fsp3) is 0. The number of benzene rings is 2. The van der Waals surface area contributed by atoms with Crippen LogP contribution in [0.15, 0.2) is 65.3 Å². The van der Waals surface area contributed by atoms with E-state index < -0.39 is 0 Å². The molecule has 1 aliphatic carbocycles. The Morgan fingerprint density at radius 1 is 0.792 bits per heavy atom. The summed E-state index contributed by atoms with van der Waals surface area (Å²) in [5.41, 5.74) is 8.52. The molecule has 1 heterocycles. The molecule has 2 aromatic carbocycles. The van der Waals surface area contributed by atoms with Crippen molar-refractivity contribution in [2.75, 3.05) is 5.73 Å². The van der Waals surface area contributed by atoms with Gasteiger partial charge in [0.05, 0.1) is 10.0 Å². The third-order valence-electron chi connectivity index (χ3n) is 4.14. The maximum absolute atomic E-state index is 12.8. The minimum Gasteiger partial charge on any atom is -0.289 e. The average Bonchev–Trinajstić information content (AvgIpc) is 2.60. The fourth-order valence-electron chi connectivity index (χ4n) is 2.96. The largest absolute Gasteiger partial charge is 0.289 e. The van der Waals surface area contributed by atoms with Crippen molar-refractivity contribution in [2.24, 2.45) is 0 Å². The summed E-state index contributed by atoms with van der Waals surface area (Å²) in [4.78, 5) is 25.5. The van der Waals surface area contributed by atoms with Crippen molar-refractivity contribution < 1.29 is 14.2 Å². The molecule has 5 heteroatoms. The highest BCUT2D eigenvalue weighted by molar-refractivity contribution is 9.10. The van der Waals surface area contributed by atoms with Gasteiger partial charge in [0.25, 0.3) is 5.82 Å². The van der Waals surface area contributed by atoms with Crippen molar-refractivity contribution in [3.8, 4) is 5.69 Å². The van der Waals surface area contributed by atoms with Gasteiger partial charge in [-0.3, -0.25) is 15.3 Å². The summed E-state index contributed by atoms with van der Waals surface area (Å²) >= 11 is 3.49. The molecule has 0 atom stereocenters. The summed E-state index contributed by atoms with van der Waals surface area (Å²) < 4.78 is 2.55. The lowest BCUT2D eigenvalue weighted by Gasteiger charge is -2.17. The van der Waals surface area contributed by atoms with Gasteiger partial charge in [0.2, 0.25) is 0 Å². The van der Waals surface area contributed by atoms with Crippen LogP contribution >= 0.6 is 15.9 Å². The number of nitrogen functional groups attached to an aromatic ring is 1. The molecule has 0 fully saturated rings. The number of carbonyl (C=O) groups is 2. The first kappa shape index (κ1) is 14.8. The minimum atomic E-state index is -0.175. The Kier molecular flexibility index (Phi) is 3.32. The molecule has 0 bridgehead atoms. The van der Waals surface area contributed by atoms with Gasteiger partial charge in [-0.25, -0.2) is 0 Å². The van der Waals surface area contributed by atoms with Crippen molar-refractivity contribution in [3.05, 3.63) is 87.5 Å². The van der Waals surface area contributed by atoms with Crippen LogP contribution in [-0.2, 0) is 0 Å². The molecule has 0 radical (unpaired) electrons. The zero-order valence-electron chi connectivity index (χ0n) is 12.5. The molecule has 1 aliphatic rings. The number of carbonyl (C=O) groups excluding carboxylic acids is 2. The Morgan fingerprint density at radius 3 is 2.04 bits per heavy atom. The van der Waals surface area contributed by atoms with Crippen molar-refractivity contribution in [3.63, 3.8) is 0 Å². The Morgan fingerprint density at radius 2 is 1.38 bits per heavy atom. The van der Waals surface area contributed by atoms with Gasteiger partial charge in [-0.2, -0.15) is 4.57 Å². The van der Waals surface area contributed by atoms with Crippen LogP contribution in [0.5, 0.6) is 0 Å².